The monoisotopic (exact) mass is 343 g/mol. The van der Waals surface area contributed by atoms with Crippen LogP contribution in [-0.4, -0.2) is 29.6 Å². The van der Waals surface area contributed by atoms with Crippen LogP contribution in [0, 0.1) is 6.92 Å². The molecule has 1 saturated heterocycles. The van der Waals surface area contributed by atoms with Gasteiger partial charge < -0.3 is 15.1 Å². The molecule has 0 spiro atoms. The lowest BCUT2D eigenvalue weighted by atomic mass is 10.1. The lowest BCUT2D eigenvalue weighted by molar-refractivity contribution is 0.146. The number of furan rings is 1. The summed E-state index contributed by atoms with van der Waals surface area (Å²) in [6, 6.07) is 12.4. The summed E-state index contributed by atoms with van der Waals surface area (Å²) >= 11 is 5.46. The molecule has 4 nitrogen and oxygen atoms in total. The number of hydrogen-bond acceptors (Lipinski definition) is 3. The van der Waals surface area contributed by atoms with Crippen LogP contribution in [0.1, 0.15) is 36.6 Å². The Morgan fingerprint density at radius 1 is 1.21 bits per heavy atom. The molecule has 0 bridgehead atoms. The Morgan fingerprint density at radius 2 is 2.04 bits per heavy atom. The minimum absolute atomic E-state index is 0.220. The van der Waals surface area contributed by atoms with Crippen molar-refractivity contribution in [1.29, 1.82) is 0 Å². The Hall–Kier alpha value is -1.85. The SMILES string of the molecule is Cc1cccc(NC(=S)NC[C@H](c2ccco2)N2CCCCC2)c1. The van der Waals surface area contributed by atoms with Gasteiger partial charge in [0.1, 0.15) is 5.76 Å². The average molecular weight is 343 g/mol. The number of piperidine rings is 1. The first-order valence-corrected chi connectivity index (χ1v) is 9.02. The molecule has 5 heteroatoms. The molecule has 0 saturated carbocycles. The standard InChI is InChI=1S/C19H25N3OS/c1-15-7-5-8-16(13-15)21-19(24)20-14-17(18-9-6-12-23-18)22-10-3-2-4-11-22/h5-9,12-13,17H,2-4,10-11,14H2,1H3,(H2,20,21,24)/t17-/m1/s1. The molecule has 1 aromatic heterocycles. The van der Waals surface area contributed by atoms with Crippen molar-refractivity contribution in [3.05, 3.63) is 54.0 Å². The van der Waals surface area contributed by atoms with Crippen LogP contribution in [0.2, 0.25) is 0 Å². The number of aryl methyl sites for hydroxylation is 1. The van der Waals surface area contributed by atoms with Crippen LogP contribution in [0.4, 0.5) is 5.69 Å². The Labute approximate surface area is 149 Å². The second-order valence-corrected chi connectivity index (χ2v) is 6.74. The van der Waals surface area contributed by atoms with Crippen molar-refractivity contribution in [2.75, 3.05) is 25.0 Å². The van der Waals surface area contributed by atoms with Gasteiger partial charge >= 0.3 is 0 Å². The highest BCUT2D eigenvalue weighted by atomic mass is 32.1. The lowest BCUT2D eigenvalue weighted by Crippen LogP contribution is -2.41. The van der Waals surface area contributed by atoms with Gasteiger partial charge in [-0.15, -0.1) is 0 Å². The fraction of sp³-hybridized carbons (Fsp3) is 0.421. The molecular formula is C19H25N3OS. The topological polar surface area (TPSA) is 40.4 Å². The first kappa shape index (κ1) is 17.0. The molecule has 1 aromatic carbocycles. The van der Waals surface area contributed by atoms with Crippen LogP contribution in [0.5, 0.6) is 0 Å². The summed E-state index contributed by atoms with van der Waals surface area (Å²) in [5.74, 6) is 1.00. The van der Waals surface area contributed by atoms with Crippen LogP contribution in [0.3, 0.4) is 0 Å². The van der Waals surface area contributed by atoms with Gasteiger partial charge in [0.15, 0.2) is 5.11 Å². The zero-order chi connectivity index (χ0) is 16.8. The van der Waals surface area contributed by atoms with E-state index in [0.717, 1.165) is 31.1 Å². The van der Waals surface area contributed by atoms with Crippen molar-refractivity contribution in [3.63, 3.8) is 0 Å². The molecule has 0 unspecified atom stereocenters. The van der Waals surface area contributed by atoms with Gasteiger partial charge in [-0.25, -0.2) is 0 Å². The molecular weight excluding hydrogens is 318 g/mol. The molecule has 128 valence electrons. The summed E-state index contributed by atoms with van der Waals surface area (Å²) in [4.78, 5) is 2.49. The number of hydrogen-bond donors (Lipinski definition) is 2. The number of likely N-dealkylation sites (tertiary alicyclic amines) is 1. The van der Waals surface area contributed by atoms with E-state index in [1.165, 1.54) is 24.8 Å². The highest BCUT2D eigenvalue weighted by Crippen LogP contribution is 2.24. The summed E-state index contributed by atoms with van der Waals surface area (Å²) in [6.45, 7) is 5.05. The molecule has 24 heavy (non-hydrogen) atoms. The van der Waals surface area contributed by atoms with Crippen LogP contribution in [-0.2, 0) is 0 Å². The predicted octanol–water partition coefficient (Wildman–Crippen LogP) is 4.10. The Kier molecular flexibility index (Phi) is 5.88. The largest absolute Gasteiger partial charge is 0.468 e. The van der Waals surface area contributed by atoms with Crippen LogP contribution >= 0.6 is 12.2 Å². The molecule has 0 aliphatic carbocycles. The third-order valence-electron chi connectivity index (χ3n) is 4.43. The molecule has 2 aromatic rings. The van der Waals surface area contributed by atoms with Crippen molar-refractivity contribution >= 4 is 23.0 Å². The Bertz CT molecular complexity index is 650. The maximum absolute atomic E-state index is 5.67. The second-order valence-electron chi connectivity index (χ2n) is 6.33. The average Bonchev–Trinajstić information content (AvgIpc) is 3.10. The first-order valence-electron chi connectivity index (χ1n) is 8.61. The summed E-state index contributed by atoms with van der Waals surface area (Å²) in [7, 11) is 0. The third-order valence-corrected chi connectivity index (χ3v) is 4.68. The van der Waals surface area contributed by atoms with E-state index in [-0.39, 0.29) is 6.04 Å². The van der Waals surface area contributed by atoms with Gasteiger partial charge in [-0.05, 0) is 74.9 Å². The summed E-state index contributed by atoms with van der Waals surface area (Å²) in [5.41, 5.74) is 2.23. The fourth-order valence-corrected chi connectivity index (χ4v) is 3.41. The zero-order valence-corrected chi connectivity index (χ0v) is 14.9. The molecule has 1 aliphatic rings. The minimum Gasteiger partial charge on any atom is -0.468 e. The third kappa shape index (κ3) is 4.58. The quantitative estimate of drug-likeness (QED) is 0.800. The van der Waals surface area contributed by atoms with E-state index in [4.69, 9.17) is 16.6 Å². The van der Waals surface area contributed by atoms with Gasteiger partial charge in [-0.1, -0.05) is 18.6 Å². The smallest absolute Gasteiger partial charge is 0.170 e. The van der Waals surface area contributed by atoms with Gasteiger partial charge in [0, 0.05) is 12.2 Å². The van der Waals surface area contributed by atoms with Gasteiger partial charge in [-0.3, -0.25) is 4.90 Å². The molecule has 2 N–H and O–H groups in total. The van der Waals surface area contributed by atoms with Crippen molar-refractivity contribution < 1.29 is 4.42 Å². The molecule has 1 aliphatic heterocycles. The first-order chi connectivity index (χ1) is 11.7. The number of benzene rings is 1. The summed E-state index contributed by atoms with van der Waals surface area (Å²) < 4.78 is 5.67. The van der Waals surface area contributed by atoms with Gasteiger partial charge in [0.05, 0.1) is 12.3 Å². The second kappa shape index (κ2) is 8.31. The minimum atomic E-state index is 0.220. The normalized spacial score (nSPS) is 16.5. The van der Waals surface area contributed by atoms with Gasteiger partial charge in [0.25, 0.3) is 0 Å². The maximum atomic E-state index is 5.67. The predicted molar refractivity (Wildman–Crippen MR) is 102 cm³/mol. The van der Waals surface area contributed by atoms with Crippen LogP contribution < -0.4 is 10.6 Å². The van der Waals surface area contributed by atoms with E-state index in [9.17, 15) is 0 Å². The van der Waals surface area contributed by atoms with Crippen molar-refractivity contribution in [2.45, 2.75) is 32.2 Å². The number of anilines is 1. The highest BCUT2D eigenvalue weighted by molar-refractivity contribution is 7.80. The van der Waals surface area contributed by atoms with E-state index in [2.05, 4.69) is 40.7 Å². The lowest BCUT2D eigenvalue weighted by Gasteiger charge is -2.33. The number of nitrogens with zero attached hydrogens (tertiary/aromatic N) is 1. The van der Waals surface area contributed by atoms with E-state index >= 15 is 0 Å². The maximum Gasteiger partial charge on any atom is 0.170 e. The van der Waals surface area contributed by atoms with Crippen LogP contribution in [0.15, 0.2) is 47.1 Å². The number of nitrogens with one attached hydrogen (secondary N) is 2. The van der Waals surface area contributed by atoms with Gasteiger partial charge in [0.2, 0.25) is 0 Å². The van der Waals surface area contributed by atoms with Crippen molar-refractivity contribution in [2.24, 2.45) is 0 Å². The van der Waals surface area contributed by atoms with Crippen LogP contribution in [0.25, 0.3) is 0 Å². The molecule has 0 radical (unpaired) electrons. The fourth-order valence-electron chi connectivity index (χ4n) is 3.21. The number of rotatable bonds is 5. The summed E-state index contributed by atoms with van der Waals surface area (Å²) in [6.07, 6.45) is 5.57. The van der Waals surface area contributed by atoms with Crippen molar-refractivity contribution in [3.8, 4) is 0 Å². The number of thiocarbonyl (C=S) groups is 1. The zero-order valence-electron chi connectivity index (χ0n) is 14.1. The van der Waals surface area contributed by atoms with E-state index < -0.39 is 0 Å². The summed E-state index contributed by atoms with van der Waals surface area (Å²) in [5, 5.41) is 7.26. The van der Waals surface area contributed by atoms with Crippen molar-refractivity contribution in [1.82, 2.24) is 10.2 Å². The Morgan fingerprint density at radius 3 is 2.75 bits per heavy atom. The highest BCUT2D eigenvalue weighted by Gasteiger charge is 2.24. The Balaban J connectivity index is 1.59. The van der Waals surface area contributed by atoms with E-state index in [1.54, 1.807) is 6.26 Å². The van der Waals surface area contributed by atoms with E-state index in [1.807, 2.05) is 18.2 Å². The van der Waals surface area contributed by atoms with E-state index in [0.29, 0.717) is 5.11 Å². The molecule has 1 atom stereocenters. The van der Waals surface area contributed by atoms with Gasteiger partial charge in [-0.2, -0.15) is 0 Å². The molecule has 3 rings (SSSR count). The molecule has 1 fully saturated rings. The molecule has 0 amide bonds. The molecule has 2 heterocycles.